The molecule has 1 spiro atoms. The zero-order valence-corrected chi connectivity index (χ0v) is 53.9. The standard InChI is InChI=1S/C67H101NO20/c1-15-41-16-17-42-24-34(6)57(87-53-29-65(13,77)61(39(11)82-53)68-40(12)69)32(4)22-30(2)44-19-18-43-55(66(44,14)62(74)54-63(75)67(42,28-41)88-64(54)76)31(3)23-33(5)58(43)84-51-26-47(72)59(37(9)80-51)85-52-27-48(83-49-21-20-45(70)35(7)78-49)60(38(10)81-52)86-50-25-46(71)56(73)36(8)79-50/h16-19,22,24,31-33,35-39,41-53,55-61,70-74,77H,15,20-21,23,25-29H2,1-14H3,(H,68,69)/b30-22+,34-24+,62-54-. The number of carbonyl (C=O) groups is 3. The number of fused-ring (bicyclic) bond motifs is 4. The van der Waals surface area contributed by atoms with Gasteiger partial charge in [0.2, 0.25) is 11.7 Å². The molecule has 0 aromatic carbocycles. The molecule has 1 amide bonds. The molecular formula is C67H101NO20. The largest absolute Gasteiger partial charge is 0.511 e. The van der Waals surface area contributed by atoms with E-state index in [4.69, 9.17) is 52.1 Å². The number of aliphatic hydroxyl groups is 6. The Bertz CT molecular complexity index is 2670. The lowest BCUT2D eigenvalue weighted by Gasteiger charge is -2.57. The predicted octanol–water partition coefficient (Wildman–Crippen LogP) is 6.60. The average molecular weight is 1240 g/mol. The minimum atomic E-state index is -1.65. The normalized spacial score (nSPS) is 52.0. The summed E-state index contributed by atoms with van der Waals surface area (Å²) in [5.41, 5.74) is -3.02. The van der Waals surface area contributed by atoms with Gasteiger partial charge in [-0.15, -0.1) is 0 Å². The van der Waals surface area contributed by atoms with Gasteiger partial charge in [-0.05, 0) is 104 Å². The van der Waals surface area contributed by atoms with Gasteiger partial charge in [-0.2, -0.15) is 0 Å². The van der Waals surface area contributed by atoms with Crippen LogP contribution in [0.15, 0.2) is 58.9 Å². The van der Waals surface area contributed by atoms with Crippen molar-refractivity contribution in [1.29, 1.82) is 0 Å². The minimum Gasteiger partial charge on any atom is -0.511 e. The molecular weight excluding hydrogens is 1140 g/mol. The summed E-state index contributed by atoms with van der Waals surface area (Å²) in [7, 11) is 0. The van der Waals surface area contributed by atoms with Gasteiger partial charge in [0.05, 0.1) is 78.8 Å². The number of Topliss-reactive ketones (excluding diaryl/α,β-unsaturated/α-hetero) is 1. The van der Waals surface area contributed by atoms with Crippen molar-refractivity contribution in [1.82, 2.24) is 5.32 Å². The van der Waals surface area contributed by atoms with E-state index in [-0.39, 0.29) is 78.9 Å². The van der Waals surface area contributed by atoms with E-state index >= 15 is 4.79 Å². The molecule has 0 aromatic heterocycles. The van der Waals surface area contributed by atoms with Crippen LogP contribution in [-0.4, -0.2) is 182 Å². The molecule has 0 aromatic rings. The van der Waals surface area contributed by atoms with Crippen molar-refractivity contribution in [3.05, 3.63) is 58.9 Å². The van der Waals surface area contributed by atoms with Gasteiger partial charge in [-0.1, -0.05) is 76.6 Å². The van der Waals surface area contributed by atoms with Gasteiger partial charge in [-0.25, -0.2) is 4.79 Å². The molecule has 494 valence electrons. The van der Waals surface area contributed by atoms with E-state index in [0.717, 1.165) is 11.1 Å². The van der Waals surface area contributed by atoms with E-state index in [1.165, 1.54) is 6.92 Å². The van der Waals surface area contributed by atoms with Gasteiger partial charge in [0.15, 0.2) is 37.1 Å². The lowest BCUT2D eigenvalue weighted by Crippen LogP contribution is -2.62. The first-order chi connectivity index (χ1) is 41.4. The summed E-state index contributed by atoms with van der Waals surface area (Å²) in [6, 6.07) is -0.684. The third kappa shape index (κ3) is 13.1. The molecule has 6 aliphatic heterocycles. The van der Waals surface area contributed by atoms with Crippen LogP contribution in [0, 0.1) is 52.8 Å². The molecule has 10 aliphatic rings. The van der Waals surface area contributed by atoms with Crippen LogP contribution in [-0.2, 0) is 66.5 Å². The second-order valence-corrected chi connectivity index (χ2v) is 28.3. The fraction of sp³-hybridized carbons (Fsp3) is 0.806. The van der Waals surface area contributed by atoms with Crippen LogP contribution < -0.4 is 5.32 Å². The highest BCUT2D eigenvalue weighted by molar-refractivity contribution is 6.26. The van der Waals surface area contributed by atoms with Crippen LogP contribution in [0.5, 0.6) is 0 Å². The Morgan fingerprint density at radius 2 is 1.27 bits per heavy atom. The number of hydrogen-bond donors (Lipinski definition) is 7. The van der Waals surface area contributed by atoms with E-state index in [1.807, 2.05) is 53.7 Å². The number of rotatable bonds is 12. The highest BCUT2D eigenvalue weighted by Gasteiger charge is 2.64. The Hall–Kier alpha value is -3.49. The fourth-order valence-electron chi connectivity index (χ4n) is 17.0. The molecule has 21 nitrogen and oxygen atoms in total. The monoisotopic (exact) mass is 1240 g/mol. The summed E-state index contributed by atoms with van der Waals surface area (Å²) in [5.74, 6) is -4.60. The first kappa shape index (κ1) is 67.4. The number of nitrogens with one attached hydrogen (secondary N) is 1. The van der Waals surface area contributed by atoms with Gasteiger partial charge in [0, 0.05) is 74.5 Å². The number of amides is 1. The molecule has 10 rings (SSSR count). The summed E-state index contributed by atoms with van der Waals surface area (Å²) in [6.45, 7) is 26.2. The Morgan fingerprint density at radius 1 is 0.648 bits per heavy atom. The van der Waals surface area contributed by atoms with Crippen molar-refractivity contribution in [3.63, 3.8) is 0 Å². The number of ether oxygens (including phenoxy) is 11. The smallest absolute Gasteiger partial charge is 0.346 e. The summed E-state index contributed by atoms with van der Waals surface area (Å²) in [6.07, 6.45) is 0.521. The zero-order chi connectivity index (χ0) is 63.8. The highest BCUT2D eigenvalue weighted by atomic mass is 16.8. The molecule has 0 radical (unpaired) electrons. The Kier molecular flexibility index (Phi) is 20.3. The van der Waals surface area contributed by atoms with Crippen LogP contribution in [0.25, 0.3) is 0 Å². The number of carbonyl (C=O) groups excluding carboxylic acids is 3. The molecule has 31 unspecified atom stereocenters. The number of allylic oxidation sites excluding steroid dienone is 4. The molecule has 2 bridgehead atoms. The van der Waals surface area contributed by atoms with Crippen LogP contribution in [0.2, 0.25) is 0 Å². The van der Waals surface area contributed by atoms with Crippen molar-refractivity contribution >= 4 is 17.7 Å². The molecule has 4 aliphatic carbocycles. The topological polar surface area (TPSA) is 286 Å². The third-order valence-electron chi connectivity index (χ3n) is 21.6. The summed E-state index contributed by atoms with van der Waals surface area (Å²) in [5, 5.41) is 71.4. The lowest BCUT2D eigenvalue weighted by atomic mass is 9.49. The summed E-state index contributed by atoms with van der Waals surface area (Å²) >= 11 is 0. The fourth-order valence-corrected chi connectivity index (χ4v) is 17.0. The molecule has 21 heteroatoms. The number of aliphatic hydroxyl groups excluding tert-OH is 5. The Labute approximate surface area is 518 Å². The second kappa shape index (κ2) is 26.5. The average Bonchev–Trinajstić information content (AvgIpc) is 1.99. The molecule has 1 saturated carbocycles. The van der Waals surface area contributed by atoms with Crippen LogP contribution in [0.1, 0.15) is 155 Å². The molecule has 7 N–H and O–H groups in total. The highest BCUT2D eigenvalue weighted by Crippen LogP contribution is 2.61. The van der Waals surface area contributed by atoms with Crippen molar-refractivity contribution in [2.75, 3.05) is 0 Å². The first-order valence-electron chi connectivity index (χ1n) is 32.7. The van der Waals surface area contributed by atoms with Crippen molar-refractivity contribution in [3.8, 4) is 0 Å². The molecule has 31 atom stereocenters. The van der Waals surface area contributed by atoms with Crippen molar-refractivity contribution in [2.24, 2.45) is 52.8 Å². The van der Waals surface area contributed by atoms with Crippen LogP contribution in [0.3, 0.4) is 0 Å². The Morgan fingerprint density at radius 3 is 1.92 bits per heavy atom. The SMILES string of the molecule is CCC1C=CC2/C=C(\C)C(OC3CC(C)(O)C(NC(C)=O)C(C)O3)C(C)/C=C(\C)C3C=CC4C(OC5CC(O)C(OC6CC(OC7CCC(O)C(C)O7)C(OC7CC(O)C(O)C(C)O7)C(C)O6)C(C)O5)C(C)CC(C)C4C3(C)/C(O)=C3/C(=O)OC2(C1)C3=O. The minimum absolute atomic E-state index is 0.0322. The van der Waals surface area contributed by atoms with Gasteiger partial charge in [-0.3, -0.25) is 9.59 Å². The van der Waals surface area contributed by atoms with E-state index in [9.17, 15) is 40.2 Å². The van der Waals surface area contributed by atoms with E-state index < -0.39 is 169 Å². The van der Waals surface area contributed by atoms with Gasteiger partial charge in [0.25, 0.3) is 0 Å². The third-order valence-corrected chi connectivity index (χ3v) is 21.6. The van der Waals surface area contributed by atoms with E-state index in [1.54, 1.807) is 27.7 Å². The van der Waals surface area contributed by atoms with E-state index in [2.05, 4.69) is 50.4 Å². The van der Waals surface area contributed by atoms with E-state index in [0.29, 0.717) is 25.7 Å². The maximum atomic E-state index is 15.6. The maximum absolute atomic E-state index is 15.6. The van der Waals surface area contributed by atoms with Crippen LogP contribution >= 0.6 is 0 Å². The quantitative estimate of drug-likeness (QED) is 0.0615. The second-order valence-electron chi connectivity index (χ2n) is 28.3. The van der Waals surface area contributed by atoms with Gasteiger partial charge in [0.1, 0.15) is 29.6 Å². The first-order valence-corrected chi connectivity index (χ1v) is 32.7. The zero-order valence-electron chi connectivity index (χ0n) is 53.9. The number of ketones is 1. The molecule has 88 heavy (non-hydrogen) atoms. The number of esters is 1. The predicted molar refractivity (Wildman–Crippen MR) is 318 cm³/mol. The van der Waals surface area contributed by atoms with Crippen LogP contribution in [0.4, 0.5) is 0 Å². The van der Waals surface area contributed by atoms with Gasteiger partial charge >= 0.3 is 5.97 Å². The molecule has 7 fully saturated rings. The number of hydrogen-bond acceptors (Lipinski definition) is 20. The summed E-state index contributed by atoms with van der Waals surface area (Å²) < 4.78 is 71.8. The van der Waals surface area contributed by atoms with Gasteiger partial charge < -0.3 is 88.1 Å². The maximum Gasteiger partial charge on any atom is 0.346 e. The molecule has 6 saturated heterocycles. The van der Waals surface area contributed by atoms with Crippen molar-refractivity contribution in [2.45, 2.75) is 289 Å². The van der Waals surface area contributed by atoms with Crippen molar-refractivity contribution < 1.29 is 97.1 Å². The lowest BCUT2D eigenvalue weighted by molar-refractivity contribution is -0.352. The Balaban J connectivity index is 0.913. The molecule has 6 heterocycles. The summed E-state index contributed by atoms with van der Waals surface area (Å²) in [4.78, 5) is 42.6.